The van der Waals surface area contributed by atoms with Gasteiger partial charge in [0.05, 0.1) is 18.5 Å². The van der Waals surface area contributed by atoms with E-state index in [0.717, 1.165) is 5.69 Å². The minimum absolute atomic E-state index is 0.00571. The zero-order valence-corrected chi connectivity index (χ0v) is 13.2. The quantitative estimate of drug-likeness (QED) is 0.685. The Labute approximate surface area is 139 Å². The second-order valence-corrected chi connectivity index (χ2v) is 7.54. The van der Waals surface area contributed by atoms with E-state index in [1.165, 1.54) is 11.3 Å². The molecule has 1 aromatic carbocycles. The maximum Gasteiger partial charge on any atom is 0.235 e. The third-order valence-electron chi connectivity index (χ3n) is 6.04. The molecule has 0 unspecified atom stereocenters. The Morgan fingerprint density at radius 1 is 1.00 bits per heavy atom. The fraction of sp³-hybridized carbons (Fsp3) is 0.444. The van der Waals surface area contributed by atoms with Gasteiger partial charge in [0.15, 0.2) is 0 Å². The van der Waals surface area contributed by atoms with Gasteiger partial charge in [0, 0.05) is 10.7 Å². The van der Waals surface area contributed by atoms with Crippen LogP contribution in [0.2, 0.25) is 5.02 Å². The molecule has 5 heteroatoms. The highest BCUT2D eigenvalue weighted by molar-refractivity contribution is 6.30. The summed E-state index contributed by atoms with van der Waals surface area (Å²) in [6.07, 6.45) is 5.58. The number of likely N-dealkylation sites (tertiary alicyclic amines) is 1. The van der Waals surface area contributed by atoms with Crippen molar-refractivity contribution in [2.24, 2.45) is 35.5 Å². The monoisotopic (exact) mass is 328 g/mol. The molecule has 5 aliphatic rings. The predicted molar refractivity (Wildman–Crippen MR) is 86.5 cm³/mol. The minimum atomic E-state index is -0.117. The van der Waals surface area contributed by atoms with Crippen LogP contribution in [0.15, 0.2) is 36.4 Å². The van der Waals surface area contributed by atoms with Crippen molar-refractivity contribution in [2.75, 3.05) is 12.0 Å². The van der Waals surface area contributed by atoms with Crippen molar-refractivity contribution in [1.82, 2.24) is 4.90 Å². The summed E-state index contributed by atoms with van der Waals surface area (Å²) >= 11 is 5.87. The summed E-state index contributed by atoms with van der Waals surface area (Å²) < 4.78 is 0. The second-order valence-electron chi connectivity index (χ2n) is 7.10. The normalized spacial score (nSPS) is 39.4. The van der Waals surface area contributed by atoms with Crippen molar-refractivity contribution in [1.29, 1.82) is 0 Å². The van der Waals surface area contributed by atoms with Gasteiger partial charge >= 0.3 is 0 Å². The number of carbonyl (C=O) groups is 2. The van der Waals surface area contributed by atoms with E-state index in [9.17, 15) is 9.59 Å². The van der Waals surface area contributed by atoms with Crippen LogP contribution in [0, 0.1) is 35.5 Å². The number of amides is 2. The van der Waals surface area contributed by atoms with Gasteiger partial charge in [-0.15, -0.1) is 0 Å². The summed E-state index contributed by atoms with van der Waals surface area (Å²) in [5.74, 6) is 1.64. The number of hydrogen-bond donors (Lipinski definition) is 1. The number of imide groups is 1. The molecule has 1 aliphatic heterocycles. The van der Waals surface area contributed by atoms with Gasteiger partial charge in [0.25, 0.3) is 0 Å². The van der Waals surface area contributed by atoms with Crippen LogP contribution in [0.1, 0.15) is 6.42 Å². The van der Waals surface area contributed by atoms with E-state index in [-0.39, 0.29) is 42.2 Å². The molecule has 4 aliphatic carbocycles. The molecule has 1 saturated heterocycles. The van der Waals surface area contributed by atoms with Gasteiger partial charge in [-0.3, -0.25) is 14.5 Å². The lowest BCUT2D eigenvalue weighted by molar-refractivity contribution is -0.139. The van der Waals surface area contributed by atoms with Gasteiger partial charge in [0.1, 0.15) is 0 Å². The number of benzene rings is 1. The van der Waals surface area contributed by atoms with Gasteiger partial charge in [-0.1, -0.05) is 23.8 Å². The van der Waals surface area contributed by atoms with Gasteiger partial charge < -0.3 is 5.32 Å². The van der Waals surface area contributed by atoms with Crippen LogP contribution in [0.5, 0.6) is 0 Å². The first kappa shape index (κ1) is 13.6. The van der Waals surface area contributed by atoms with Crippen molar-refractivity contribution in [3.05, 3.63) is 41.4 Å². The molecule has 6 rings (SSSR count). The molecule has 1 heterocycles. The number of rotatable bonds is 3. The van der Waals surface area contributed by atoms with E-state index in [0.29, 0.717) is 16.9 Å². The zero-order chi connectivity index (χ0) is 15.7. The molecule has 3 fully saturated rings. The first-order chi connectivity index (χ1) is 11.1. The number of nitrogens with one attached hydrogen (secondary N) is 1. The third kappa shape index (κ3) is 1.84. The van der Waals surface area contributed by atoms with Crippen molar-refractivity contribution in [3.8, 4) is 0 Å². The Kier molecular flexibility index (Phi) is 2.72. The molecule has 2 amide bonds. The molecule has 4 nitrogen and oxygen atoms in total. The van der Waals surface area contributed by atoms with E-state index in [1.807, 2.05) is 12.1 Å². The van der Waals surface area contributed by atoms with Crippen LogP contribution in [-0.4, -0.2) is 23.4 Å². The fourth-order valence-corrected chi connectivity index (χ4v) is 5.04. The molecule has 1 N–H and O–H groups in total. The van der Waals surface area contributed by atoms with Crippen molar-refractivity contribution in [2.45, 2.75) is 6.42 Å². The first-order valence-electron chi connectivity index (χ1n) is 8.18. The molecule has 23 heavy (non-hydrogen) atoms. The number of carbonyl (C=O) groups excluding carboxylic acids is 2. The SMILES string of the molecule is O=C1[C@H]2[C@@H]3C=C[C@H]([C@@H]4C[C@H]34)[C@@H]2C(=O)N1CNc1ccc(Cl)cc1. The van der Waals surface area contributed by atoms with E-state index in [4.69, 9.17) is 11.6 Å². The third-order valence-corrected chi connectivity index (χ3v) is 6.29. The lowest BCUT2D eigenvalue weighted by Gasteiger charge is -2.37. The summed E-state index contributed by atoms with van der Waals surface area (Å²) in [5.41, 5.74) is 0.855. The lowest BCUT2D eigenvalue weighted by atomic mass is 9.63. The van der Waals surface area contributed by atoms with Crippen molar-refractivity contribution in [3.63, 3.8) is 0 Å². The zero-order valence-electron chi connectivity index (χ0n) is 12.5. The number of hydrogen-bond acceptors (Lipinski definition) is 3. The summed E-state index contributed by atoms with van der Waals surface area (Å²) in [5, 5.41) is 3.83. The van der Waals surface area contributed by atoms with Gasteiger partial charge in [-0.25, -0.2) is 0 Å². The molecule has 118 valence electrons. The summed E-state index contributed by atoms with van der Waals surface area (Å²) in [7, 11) is 0. The lowest BCUT2D eigenvalue weighted by Crippen LogP contribution is -2.40. The van der Waals surface area contributed by atoms with Crippen LogP contribution in [0.4, 0.5) is 5.69 Å². The molecule has 0 spiro atoms. The van der Waals surface area contributed by atoms with Crippen LogP contribution >= 0.6 is 11.6 Å². The number of allylic oxidation sites excluding steroid dienone is 2. The van der Waals surface area contributed by atoms with Gasteiger partial charge in [-0.2, -0.15) is 0 Å². The Bertz CT molecular complexity index is 693. The smallest absolute Gasteiger partial charge is 0.235 e. The highest BCUT2D eigenvalue weighted by Gasteiger charge is 2.66. The molecule has 2 saturated carbocycles. The number of halogens is 1. The molecule has 0 aromatic heterocycles. The molecule has 1 aromatic rings. The van der Waals surface area contributed by atoms with Crippen LogP contribution in [0.3, 0.4) is 0 Å². The van der Waals surface area contributed by atoms with Crippen molar-refractivity contribution < 1.29 is 9.59 Å². The number of anilines is 1. The molecular weight excluding hydrogens is 312 g/mol. The summed E-state index contributed by atoms with van der Waals surface area (Å²) in [6, 6.07) is 7.27. The van der Waals surface area contributed by atoms with Gasteiger partial charge in [0.2, 0.25) is 11.8 Å². The van der Waals surface area contributed by atoms with Crippen LogP contribution in [0.25, 0.3) is 0 Å². The van der Waals surface area contributed by atoms with E-state index < -0.39 is 0 Å². The molecule has 0 radical (unpaired) electrons. The minimum Gasteiger partial charge on any atom is -0.367 e. The topological polar surface area (TPSA) is 49.4 Å². The average Bonchev–Trinajstić information content (AvgIpc) is 3.33. The molecular formula is C18H17ClN2O2. The first-order valence-corrected chi connectivity index (χ1v) is 8.56. The highest BCUT2D eigenvalue weighted by atomic mass is 35.5. The fourth-order valence-electron chi connectivity index (χ4n) is 4.91. The van der Waals surface area contributed by atoms with Crippen LogP contribution in [-0.2, 0) is 9.59 Å². The molecule has 6 atom stereocenters. The van der Waals surface area contributed by atoms with E-state index in [2.05, 4.69) is 17.5 Å². The second kappa shape index (κ2) is 4.60. The van der Waals surface area contributed by atoms with E-state index >= 15 is 0 Å². The van der Waals surface area contributed by atoms with Crippen molar-refractivity contribution >= 4 is 29.1 Å². The number of nitrogens with zero attached hydrogens (tertiary/aromatic N) is 1. The Hall–Kier alpha value is -1.81. The average molecular weight is 329 g/mol. The summed E-state index contributed by atoms with van der Waals surface area (Å²) in [6.45, 7) is 0.237. The van der Waals surface area contributed by atoms with Gasteiger partial charge in [-0.05, 0) is 54.4 Å². The maximum atomic E-state index is 12.8. The summed E-state index contributed by atoms with van der Waals surface area (Å²) in [4.78, 5) is 27.0. The van der Waals surface area contributed by atoms with E-state index in [1.54, 1.807) is 12.1 Å². The highest BCUT2D eigenvalue weighted by Crippen LogP contribution is 2.65. The Morgan fingerprint density at radius 2 is 1.57 bits per heavy atom. The Morgan fingerprint density at radius 3 is 2.13 bits per heavy atom. The maximum absolute atomic E-state index is 12.8. The molecule has 2 bridgehead atoms. The van der Waals surface area contributed by atoms with Crippen LogP contribution < -0.4 is 5.32 Å². The largest absolute Gasteiger partial charge is 0.367 e. The standard InChI is InChI=1S/C18H17ClN2O2/c19-9-1-3-10(4-2-9)20-8-21-17(22)15-11-5-6-12(14-7-13(11)14)16(15)18(21)23/h1-6,11-16,20H,7-8H2/t11-,12-,13-,14+,15+,16+/m1/s1. The Balaban J connectivity index is 1.36. The predicted octanol–water partition coefficient (Wildman–Crippen LogP) is 2.76.